The van der Waals surface area contributed by atoms with Gasteiger partial charge in [0.1, 0.15) is 6.61 Å². The minimum absolute atomic E-state index is 0. The summed E-state index contributed by atoms with van der Waals surface area (Å²) in [5.74, 6) is 2.12. The summed E-state index contributed by atoms with van der Waals surface area (Å²) in [5.41, 5.74) is 2.94. The molecule has 4 aromatic rings. The molecule has 0 saturated carbocycles. The smallest absolute Gasteiger partial charge is 0.213 e. The number of rotatable bonds is 8. The lowest BCUT2D eigenvalue weighted by Crippen LogP contribution is -2.37. The van der Waals surface area contributed by atoms with E-state index in [-0.39, 0.29) is 24.0 Å². The van der Waals surface area contributed by atoms with Crippen molar-refractivity contribution >= 4 is 35.6 Å². The van der Waals surface area contributed by atoms with E-state index in [1.807, 2.05) is 78.2 Å². The number of guanidine groups is 1. The van der Waals surface area contributed by atoms with Gasteiger partial charge in [-0.15, -0.1) is 34.2 Å². The quantitative estimate of drug-likeness (QED) is 0.201. The summed E-state index contributed by atoms with van der Waals surface area (Å²) >= 11 is 0. The molecule has 3 aromatic heterocycles. The van der Waals surface area contributed by atoms with Crippen molar-refractivity contribution in [1.82, 2.24) is 30.2 Å². The van der Waals surface area contributed by atoms with Crippen molar-refractivity contribution in [2.24, 2.45) is 4.99 Å². The standard InChI is InChI=1S/C23H25N7O.HI/c1-2-24-23(27-16-21-29-28-20-10-6-7-13-30(20)21)26-15-19-11-12-25-22(14-19)31-17-18-8-4-3-5-9-18;/h3-14H,2,15-17H2,1H3,(H2,24,26,27);1H. The summed E-state index contributed by atoms with van der Waals surface area (Å²) in [6.45, 7) is 4.29. The number of ether oxygens (including phenoxy) is 1. The highest BCUT2D eigenvalue weighted by atomic mass is 127. The van der Waals surface area contributed by atoms with E-state index in [1.165, 1.54) is 0 Å². The van der Waals surface area contributed by atoms with Crippen LogP contribution in [0.2, 0.25) is 0 Å². The molecule has 0 amide bonds. The maximum atomic E-state index is 5.82. The molecule has 0 unspecified atom stereocenters. The monoisotopic (exact) mass is 543 g/mol. The van der Waals surface area contributed by atoms with Crippen LogP contribution in [0.1, 0.15) is 23.9 Å². The van der Waals surface area contributed by atoms with Gasteiger partial charge in [0, 0.05) is 25.0 Å². The Bertz CT molecular complexity index is 1150. The molecule has 4 rings (SSSR count). The molecule has 0 bridgehead atoms. The minimum Gasteiger partial charge on any atom is -0.473 e. The van der Waals surface area contributed by atoms with E-state index in [9.17, 15) is 0 Å². The molecule has 0 radical (unpaired) electrons. The predicted molar refractivity (Wildman–Crippen MR) is 135 cm³/mol. The molecule has 1 aromatic carbocycles. The number of pyridine rings is 2. The molecule has 8 nitrogen and oxygen atoms in total. The molecular weight excluding hydrogens is 517 g/mol. The number of aliphatic imine (C=N–C) groups is 1. The summed E-state index contributed by atoms with van der Waals surface area (Å²) in [6, 6.07) is 19.7. The van der Waals surface area contributed by atoms with Crippen molar-refractivity contribution in [3.63, 3.8) is 0 Å². The van der Waals surface area contributed by atoms with Crippen LogP contribution in [0.3, 0.4) is 0 Å². The number of nitrogens with one attached hydrogen (secondary N) is 2. The Balaban J connectivity index is 0.00000289. The zero-order chi connectivity index (χ0) is 21.3. The third-order valence-corrected chi connectivity index (χ3v) is 4.59. The fraction of sp³-hybridized carbons (Fsp3) is 0.217. The maximum Gasteiger partial charge on any atom is 0.213 e. The van der Waals surface area contributed by atoms with Gasteiger partial charge >= 0.3 is 0 Å². The van der Waals surface area contributed by atoms with Crippen molar-refractivity contribution in [1.29, 1.82) is 0 Å². The maximum absolute atomic E-state index is 5.82. The molecule has 0 fully saturated rings. The largest absolute Gasteiger partial charge is 0.473 e. The molecule has 0 aliphatic rings. The lowest BCUT2D eigenvalue weighted by Gasteiger charge is -2.11. The van der Waals surface area contributed by atoms with E-state index >= 15 is 0 Å². The molecule has 0 spiro atoms. The number of nitrogens with zero attached hydrogens (tertiary/aromatic N) is 5. The van der Waals surface area contributed by atoms with Gasteiger partial charge in [-0.1, -0.05) is 36.4 Å². The second-order valence-electron chi connectivity index (χ2n) is 6.87. The summed E-state index contributed by atoms with van der Waals surface area (Å²) in [5, 5.41) is 15.0. The van der Waals surface area contributed by atoms with Gasteiger partial charge in [0.05, 0.1) is 13.1 Å². The average molecular weight is 543 g/mol. The van der Waals surface area contributed by atoms with E-state index in [0.29, 0.717) is 31.5 Å². The minimum atomic E-state index is 0. The van der Waals surface area contributed by atoms with Gasteiger partial charge in [-0.05, 0) is 36.2 Å². The molecule has 3 heterocycles. The van der Waals surface area contributed by atoms with Crippen molar-refractivity contribution < 1.29 is 4.74 Å². The summed E-state index contributed by atoms with van der Waals surface area (Å²) < 4.78 is 7.77. The molecule has 2 N–H and O–H groups in total. The van der Waals surface area contributed by atoms with Gasteiger partial charge in [0.15, 0.2) is 17.4 Å². The highest BCUT2D eigenvalue weighted by Gasteiger charge is 2.06. The van der Waals surface area contributed by atoms with Crippen LogP contribution >= 0.6 is 24.0 Å². The molecule has 32 heavy (non-hydrogen) atoms. The van der Waals surface area contributed by atoms with Crippen LogP contribution in [0, 0.1) is 0 Å². The van der Waals surface area contributed by atoms with Gasteiger partial charge in [0.25, 0.3) is 0 Å². The number of hydrogen-bond donors (Lipinski definition) is 2. The second kappa shape index (κ2) is 12.0. The van der Waals surface area contributed by atoms with Crippen LogP contribution in [0.5, 0.6) is 5.88 Å². The fourth-order valence-corrected chi connectivity index (χ4v) is 3.05. The first kappa shape index (κ1) is 23.5. The van der Waals surface area contributed by atoms with Gasteiger partial charge in [0.2, 0.25) is 5.88 Å². The second-order valence-corrected chi connectivity index (χ2v) is 6.87. The third kappa shape index (κ3) is 6.39. The number of benzene rings is 1. The van der Waals surface area contributed by atoms with Crippen molar-refractivity contribution in [2.75, 3.05) is 6.54 Å². The van der Waals surface area contributed by atoms with Crippen molar-refractivity contribution in [2.45, 2.75) is 26.6 Å². The first-order valence-corrected chi connectivity index (χ1v) is 10.2. The molecule has 0 aliphatic carbocycles. The number of halogens is 1. The summed E-state index contributed by atoms with van der Waals surface area (Å²) in [7, 11) is 0. The van der Waals surface area contributed by atoms with Crippen molar-refractivity contribution in [3.05, 3.63) is 90.0 Å². The van der Waals surface area contributed by atoms with E-state index in [1.54, 1.807) is 6.20 Å². The van der Waals surface area contributed by atoms with E-state index in [0.717, 1.165) is 29.1 Å². The first-order valence-electron chi connectivity index (χ1n) is 10.2. The van der Waals surface area contributed by atoms with Crippen LogP contribution in [-0.4, -0.2) is 32.1 Å². The van der Waals surface area contributed by atoms with Gasteiger partial charge < -0.3 is 15.4 Å². The molecule has 0 saturated heterocycles. The average Bonchev–Trinajstić information content (AvgIpc) is 3.24. The van der Waals surface area contributed by atoms with E-state index in [2.05, 4.69) is 30.8 Å². The van der Waals surface area contributed by atoms with Gasteiger partial charge in [-0.25, -0.2) is 9.98 Å². The third-order valence-electron chi connectivity index (χ3n) is 4.59. The number of fused-ring (bicyclic) bond motifs is 1. The van der Waals surface area contributed by atoms with E-state index in [4.69, 9.17) is 4.74 Å². The Hall–Kier alpha value is -3.21. The Kier molecular flexibility index (Phi) is 8.79. The van der Waals surface area contributed by atoms with Crippen molar-refractivity contribution in [3.8, 4) is 5.88 Å². The zero-order valence-electron chi connectivity index (χ0n) is 17.8. The van der Waals surface area contributed by atoms with Crippen LogP contribution in [0.4, 0.5) is 0 Å². The first-order chi connectivity index (χ1) is 15.3. The predicted octanol–water partition coefficient (Wildman–Crippen LogP) is 3.58. The normalized spacial score (nSPS) is 11.1. The Morgan fingerprint density at radius 3 is 2.69 bits per heavy atom. The fourth-order valence-electron chi connectivity index (χ4n) is 3.05. The molecule has 9 heteroatoms. The topological polar surface area (TPSA) is 88.7 Å². The molecular formula is C23H26IN7O. The lowest BCUT2D eigenvalue weighted by atomic mass is 10.2. The zero-order valence-corrected chi connectivity index (χ0v) is 20.1. The number of aromatic nitrogens is 4. The van der Waals surface area contributed by atoms with Gasteiger partial charge in [-0.3, -0.25) is 4.40 Å². The molecule has 166 valence electrons. The SMILES string of the molecule is CCNC(=NCc1ccnc(OCc2ccccc2)c1)NCc1nnc2ccccn12.I. The van der Waals surface area contributed by atoms with Crippen LogP contribution < -0.4 is 15.4 Å². The summed E-state index contributed by atoms with van der Waals surface area (Å²) in [4.78, 5) is 8.97. The van der Waals surface area contributed by atoms with Crippen LogP contribution in [-0.2, 0) is 19.7 Å². The van der Waals surface area contributed by atoms with Crippen LogP contribution in [0.15, 0.2) is 78.0 Å². The lowest BCUT2D eigenvalue weighted by molar-refractivity contribution is 0.293. The Morgan fingerprint density at radius 2 is 1.84 bits per heavy atom. The molecule has 0 aliphatic heterocycles. The van der Waals surface area contributed by atoms with E-state index < -0.39 is 0 Å². The Morgan fingerprint density at radius 1 is 1.00 bits per heavy atom. The Labute approximate surface area is 204 Å². The highest BCUT2D eigenvalue weighted by molar-refractivity contribution is 14.0. The molecule has 0 atom stereocenters. The number of hydrogen-bond acceptors (Lipinski definition) is 5. The van der Waals surface area contributed by atoms with Gasteiger partial charge in [-0.2, -0.15) is 0 Å². The highest BCUT2D eigenvalue weighted by Crippen LogP contribution is 2.12. The van der Waals surface area contributed by atoms with Crippen LogP contribution in [0.25, 0.3) is 5.65 Å². The summed E-state index contributed by atoms with van der Waals surface area (Å²) in [6.07, 6.45) is 3.69.